The van der Waals surface area contributed by atoms with E-state index in [-0.39, 0.29) is 41.6 Å². The lowest BCUT2D eigenvalue weighted by molar-refractivity contribution is -0.140. The Morgan fingerprint density at radius 1 is 0.897 bits per heavy atom. The molecule has 1 aromatic carbocycles. The standard InChI is InChI=1S/C23H24N2O4/c26-22-20-16-7-8-17(15-6-5-14(15)16)21(20)23(27)25(22)10-9-24-11-13-12-28-18-3-1-2-4-19(18)29-13/h1-8,13-17,20-21,24H,9-12H2. The fraction of sp³-hybridized carbons (Fsp3) is 0.478. The normalized spacial score (nSPS) is 38.1. The number of para-hydroxylation sites is 2. The van der Waals surface area contributed by atoms with Crippen molar-refractivity contribution in [3.05, 3.63) is 48.6 Å². The van der Waals surface area contributed by atoms with Gasteiger partial charge in [-0.25, -0.2) is 0 Å². The minimum Gasteiger partial charge on any atom is -0.486 e. The van der Waals surface area contributed by atoms with Crippen molar-refractivity contribution < 1.29 is 19.1 Å². The molecular formula is C23H24N2O4. The molecule has 4 aliphatic carbocycles. The number of nitrogens with one attached hydrogen (secondary N) is 1. The first kappa shape index (κ1) is 17.3. The van der Waals surface area contributed by atoms with Crippen molar-refractivity contribution >= 4 is 11.8 Å². The van der Waals surface area contributed by atoms with Crippen LogP contribution in [0.2, 0.25) is 0 Å². The van der Waals surface area contributed by atoms with Gasteiger partial charge >= 0.3 is 0 Å². The van der Waals surface area contributed by atoms with E-state index in [0.29, 0.717) is 38.1 Å². The van der Waals surface area contributed by atoms with Crippen LogP contribution in [0.4, 0.5) is 0 Å². The van der Waals surface area contributed by atoms with E-state index in [1.807, 2.05) is 24.3 Å². The summed E-state index contributed by atoms with van der Waals surface area (Å²) in [5.74, 6) is 2.55. The Morgan fingerprint density at radius 3 is 2.17 bits per heavy atom. The maximum atomic E-state index is 13.0. The van der Waals surface area contributed by atoms with Crippen LogP contribution in [0.1, 0.15) is 0 Å². The molecule has 1 saturated heterocycles. The topological polar surface area (TPSA) is 67.9 Å². The van der Waals surface area contributed by atoms with Gasteiger partial charge in [0.05, 0.1) is 11.8 Å². The molecule has 6 heteroatoms. The monoisotopic (exact) mass is 392 g/mol. The molecule has 2 amide bonds. The molecule has 6 aliphatic rings. The number of nitrogens with zero attached hydrogens (tertiary/aromatic N) is 1. The Labute approximate surface area is 169 Å². The van der Waals surface area contributed by atoms with Gasteiger partial charge in [0.15, 0.2) is 11.5 Å². The number of benzene rings is 1. The number of amides is 2. The lowest BCUT2D eigenvalue weighted by atomic mass is 9.50. The van der Waals surface area contributed by atoms with Crippen molar-refractivity contribution in [2.24, 2.45) is 35.5 Å². The Morgan fingerprint density at radius 2 is 1.52 bits per heavy atom. The zero-order valence-electron chi connectivity index (χ0n) is 16.1. The molecule has 1 saturated carbocycles. The third-order valence-electron chi connectivity index (χ3n) is 7.21. The Hall–Kier alpha value is -2.60. The van der Waals surface area contributed by atoms with E-state index in [0.717, 1.165) is 11.5 Å². The molecule has 7 rings (SSSR count). The number of imide groups is 1. The molecule has 7 unspecified atom stereocenters. The zero-order chi connectivity index (χ0) is 19.5. The SMILES string of the molecule is O=C1C2C3C=CC(C4C=CC43)C2C(=O)N1CCNCC1COc2ccccc2O1. The van der Waals surface area contributed by atoms with Gasteiger partial charge in [-0.1, -0.05) is 36.4 Å². The van der Waals surface area contributed by atoms with E-state index in [1.165, 1.54) is 4.90 Å². The number of fused-ring (bicyclic) bond motifs is 1. The van der Waals surface area contributed by atoms with Crippen molar-refractivity contribution in [3.8, 4) is 11.5 Å². The van der Waals surface area contributed by atoms with Gasteiger partial charge in [-0.2, -0.15) is 0 Å². The van der Waals surface area contributed by atoms with Crippen LogP contribution in [0.5, 0.6) is 11.5 Å². The van der Waals surface area contributed by atoms with Crippen LogP contribution in [0, 0.1) is 35.5 Å². The van der Waals surface area contributed by atoms with Gasteiger partial charge in [0.25, 0.3) is 0 Å². The number of rotatable bonds is 5. The number of ether oxygens (including phenoxy) is 2. The highest BCUT2D eigenvalue weighted by atomic mass is 16.6. The summed E-state index contributed by atoms with van der Waals surface area (Å²) < 4.78 is 11.7. The summed E-state index contributed by atoms with van der Waals surface area (Å²) in [7, 11) is 0. The predicted molar refractivity (Wildman–Crippen MR) is 105 cm³/mol. The molecule has 1 N–H and O–H groups in total. The second-order valence-corrected chi connectivity index (χ2v) is 8.66. The second-order valence-electron chi connectivity index (χ2n) is 8.66. The molecule has 150 valence electrons. The third kappa shape index (κ3) is 2.51. The summed E-state index contributed by atoms with van der Waals surface area (Å²) in [5.41, 5.74) is 0. The molecule has 2 fully saturated rings. The highest BCUT2D eigenvalue weighted by Gasteiger charge is 2.62. The number of allylic oxidation sites excluding steroid dienone is 4. The van der Waals surface area contributed by atoms with Crippen LogP contribution < -0.4 is 14.8 Å². The van der Waals surface area contributed by atoms with E-state index in [9.17, 15) is 9.59 Å². The summed E-state index contributed by atoms with van der Waals surface area (Å²) in [6, 6.07) is 7.64. The van der Waals surface area contributed by atoms with Crippen LogP contribution in [0.3, 0.4) is 0 Å². The van der Waals surface area contributed by atoms with Crippen molar-refractivity contribution in [1.82, 2.24) is 10.2 Å². The molecule has 0 aromatic heterocycles. The van der Waals surface area contributed by atoms with Gasteiger partial charge in [-0.05, 0) is 35.8 Å². The number of carbonyl (C=O) groups is 2. The third-order valence-corrected chi connectivity index (χ3v) is 7.21. The second kappa shape index (κ2) is 6.46. The molecule has 6 nitrogen and oxygen atoms in total. The highest BCUT2D eigenvalue weighted by Crippen LogP contribution is 2.58. The molecule has 0 spiro atoms. The van der Waals surface area contributed by atoms with Crippen molar-refractivity contribution in [2.45, 2.75) is 6.10 Å². The van der Waals surface area contributed by atoms with Crippen LogP contribution >= 0.6 is 0 Å². The summed E-state index contributed by atoms with van der Waals surface area (Å²) in [5, 5.41) is 3.32. The van der Waals surface area contributed by atoms with Crippen molar-refractivity contribution in [3.63, 3.8) is 0 Å². The van der Waals surface area contributed by atoms with Gasteiger partial charge in [0.1, 0.15) is 12.7 Å². The maximum Gasteiger partial charge on any atom is 0.233 e. The number of hydrogen-bond acceptors (Lipinski definition) is 5. The minimum atomic E-state index is -0.157. The Balaban J connectivity index is 1.05. The molecular weight excluding hydrogens is 368 g/mol. The molecule has 0 radical (unpaired) electrons. The average molecular weight is 392 g/mol. The fourth-order valence-electron chi connectivity index (χ4n) is 5.79. The summed E-state index contributed by atoms with van der Waals surface area (Å²) in [4.78, 5) is 27.5. The van der Waals surface area contributed by atoms with Crippen molar-refractivity contribution in [2.75, 3.05) is 26.2 Å². The number of carbonyl (C=O) groups excluding carboxylic acids is 2. The lowest BCUT2D eigenvalue weighted by Gasteiger charge is -2.51. The summed E-state index contributed by atoms with van der Waals surface area (Å²) in [6.45, 7) is 2.07. The highest BCUT2D eigenvalue weighted by molar-refractivity contribution is 6.06. The van der Waals surface area contributed by atoms with Gasteiger partial charge in [0, 0.05) is 19.6 Å². The van der Waals surface area contributed by atoms with Gasteiger partial charge < -0.3 is 14.8 Å². The molecule has 29 heavy (non-hydrogen) atoms. The first-order valence-electron chi connectivity index (χ1n) is 10.5. The lowest BCUT2D eigenvalue weighted by Crippen LogP contribution is -2.50. The van der Waals surface area contributed by atoms with Gasteiger partial charge in [-0.15, -0.1) is 0 Å². The van der Waals surface area contributed by atoms with E-state index in [2.05, 4.69) is 29.6 Å². The zero-order valence-corrected chi connectivity index (χ0v) is 16.1. The van der Waals surface area contributed by atoms with Crippen LogP contribution in [-0.4, -0.2) is 49.1 Å². The fourth-order valence-corrected chi connectivity index (χ4v) is 5.79. The quantitative estimate of drug-likeness (QED) is 0.469. The Kier molecular flexibility index (Phi) is 3.85. The first-order valence-corrected chi connectivity index (χ1v) is 10.5. The maximum absolute atomic E-state index is 13.0. The van der Waals surface area contributed by atoms with Gasteiger partial charge in [0.2, 0.25) is 11.8 Å². The van der Waals surface area contributed by atoms with Crippen LogP contribution in [0.25, 0.3) is 0 Å². The Bertz CT molecular complexity index is 885. The molecule has 2 heterocycles. The summed E-state index contributed by atoms with van der Waals surface area (Å²) in [6.07, 6.45) is 8.71. The van der Waals surface area contributed by atoms with Gasteiger partial charge in [-0.3, -0.25) is 14.5 Å². The minimum absolute atomic E-state index is 0.0195. The predicted octanol–water partition coefficient (Wildman–Crippen LogP) is 1.64. The largest absolute Gasteiger partial charge is 0.486 e. The summed E-state index contributed by atoms with van der Waals surface area (Å²) >= 11 is 0. The average Bonchev–Trinajstić information content (AvgIpc) is 2.97. The smallest absolute Gasteiger partial charge is 0.233 e. The number of hydrogen-bond donors (Lipinski definition) is 1. The first-order chi connectivity index (χ1) is 14.2. The molecule has 2 bridgehead atoms. The van der Waals surface area contributed by atoms with E-state index in [1.54, 1.807) is 0 Å². The van der Waals surface area contributed by atoms with Crippen molar-refractivity contribution in [1.29, 1.82) is 0 Å². The van der Waals surface area contributed by atoms with Crippen LogP contribution in [-0.2, 0) is 9.59 Å². The number of likely N-dealkylation sites (tertiary alicyclic amines) is 1. The van der Waals surface area contributed by atoms with E-state index < -0.39 is 0 Å². The van der Waals surface area contributed by atoms with Crippen LogP contribution in [0.15, 0.2) is 48.6 Å². The molecule has 2 aliphatic heterocycles. The molecule has 1 aromatic rings. The molecule has 7 atom stereocenters. The van der Waals surface area contributed by atoms with E-state index in [4.69, 9.17) is 9.47 Å². The van der Waals surface area contributed by atoms with E-state index >= 15 is 0 Å².